The van der Waals surface area contributed by atoms with Crippen LogP contribution in [0.2, 0.25) is 0 Å². The molecular weight excluding hydrogens is 190 g/mol. The average molecular weight is 199 g/mol. The van der Waals surface area contributed by atoms with Gasteiger partial charge in [-0.1, -0.05) is 0 Å². The Morgan fingerprint density at radius 3 is 3.14 bits per heavy atom. The number of aliphatic hydroxyl groups is 1. The Kier molecular flexibility index (Phi) is 3.29. The molecule has 0 saturated heterocycles. The average Bonchev–Trinajstić information content (AvgIpc) is 2.64. The zero-order valence-corrected chi connectivity index (χ0v) is 7.45. The lowest BCUT2D eigenvalue weighted by atomic mass is 10.4. The van der Waals surface area contributed by atoms with E-state index < -0.39 is 12.1 Å². The van der Waals surface area contributed by atoms with Gasteiger partial charge in [0.05, 0.1) is 13.7 Å². The van der Waals surface area contributed by atoms with Crippen LogP contribution in [0.25, 0.3) is 0 Å². The third-order valence-electron chi connectivity index (χ3n) is 1.52. The van der Waals surface area contributed by atoms with E-state index in [-0.39, 0.29) is 12.4 Å². The van der Waals surface area contributed by atoms with E-state index in [0.29, 0.717) is 6.29 Å². The Hall–Kier alpha value is -1.76. The van der Waals surface area contributed by atoms with Gasteiger partial charge in [0.25, 0.3) is 0 Å². The van der Waals surface area contributed by atoms with Gasteiger partial charge in [-0.05, 0) is 0 Å². The van der Waals surface area contributed by atoms with Gasteiger partial charge in [0.1, 0.15) is 18.7 Å². The van der Waals surface area contributed by atoms with Gasteiger partial charge in [-0.3, -0.25) is 0 Å². The largest absolute Gasteiger partial charge is 0.463 e. The number of rotatable bonds is 4. The summed E-state index contributed by atoms with van der Waals surface area (Å²) >= 11 is 0. The second kappa shape index (κ2) is 4.47. The quantitative estimate of drug-likeness (QED) is 0.474. The van der Waals surface area contributed by atoms with Crippen molar-refractivity contribution in [3.8, 4) is 0 Å². The van der Waals surface area contributed by atoms with Crippen LogP contribution in [0.4, 0.5) is 0 Å². The molecule has 0 saturated carbocycles. The number of aromatic nitrogens is 3. The molecule has 1 aromatic heterocycles. The molecule has 0 aliphatic rings. The normalized spacial score (nSPS) is 12.1. The van der Waals surface area contributed by atoms with Gasteiger partial charge in [0, 0.05) is 0 Å². The maximum atomic E-state index is 11.0. The molecular formula is C7H9N3O4. The topological polar surface area (TPSA) is 94.3 Å². The molecule has 1 heterocycles. The zero-order valence-electron chi connectivity index (χ0n) is 7.45. The lowest BCUT2D eigenvalue weighted by Gasteiger charge is -2.05. The molecule has 7 heteroatoms. The van der Waals surface area contributed by atoms with E-state index in [2.05, 4.69) is 14.9 Å². The first-order valence-electron chi connectivity index (χ1n) is 3.78. The van der Waals surface area contributed by atoms with Crippen LogP contribution in [0.3, 0.4) is 0 Å². The van der Waals surface area contributed by atoms with Gasteiger partial charge < -0.3 is 19.2 Å². The number of carbonyl (C=O) groups excluding carboxylic acids is 2. The maximum absolute atomic E-state index is 11.0. The summed E-state index contributed by atoms with van der Waals surface area (Å²) < 4.78 is 5.66. The molecule has 1 N–H and O–H groups in total. The molecule has 0 amide bonds. The van der Waals surface area contributed by atoms with Crippen molar-refractivity contribution in [1.82, 2.24) is 14.8 Å². The molecule has 1 aromatic rings. The first-order chi connectivity index (χ1) is 6.69. The molecule has 0 aliphatic heterocycles. The smallest absolute Gasteiger partial charge is 0.376 e. The number of hydrogen-bond acceptors (Lipinski definition) is 6. The molecule has 0 aliphatic carbocycles. The zero-order chi connectivity index (χ0) is 10.6. The van der Waals surface area contributed by atoms with Gasteiger partial charge in [0.2, 0.25) is 5.82 Å². The molecule has 14 heavy (non-hydrogen) atoms. The highest BCUT2D eigenvalue weighted by molar-refractivity contribution is 5.85. The summed E-state index contributed by atoms with van der Waals surface area (Å²) in [5.74, 6) is -0.714. The number of aldehydes is 1. The van der Waals surface area contributed by atoms with Crippen molar-refractivity contribution in [3.05, 3.63) is 12.2 Å². The molecule has 1 rings (SSSR count). The second-order valence-corrected chi connectivity index (χ2v) is 2.50. The molecule has 0 bridgehead atoms. The third kappa shape index (κ3) is 2.13. The monoisotopic (exact) mass is 199 g/mol. The first-order valence-corrected chi connectivity index (χ1v) is 3.78. The highest BCUT2D eigenvalue weighted by Gasteiger charge is 2.15. The van der Waals surface area contributed by atoms with Crippen molar-refractivity contribution in [3.63, 3.8) is 0 Å². The minimum absolute atomic E-state index is 0.0478. The van der Waals surface area contributed by atoms with Crippen molar-refractivity contribution >= 4 is 12.3 Å². The van der Waals surface area contributed by atoms with E-state index >= 15 is 0 Å². The standard InChI is InChI=1S/C7H9N3O4/c1-14-7(13)6-9-8-4-10(6)2-5(12)3-11/h3-5,12H,2H2,1H3. The number of aliphatic hydroxyl groups excluding tert-OH is 1. The predicted octanol–water partition coefficient (Wildman–Crippen LogP) is -1.38. The van der Waals surface area contributed by atoms with Crippen LogP contribution < -0.4 is 0 Å². The van der Waals surface area contributed by atoms with Crippen LogP contribution in [0.15, 0.2) is 6.33 Å². The summed E-state index contributed by atoms with van der Waals surface area (Å²) in [4.78, 5) is 21.2. The van der Waals surface area contributed by atoms with Crippen LogP contribution in [-0.2, 0) is 16.1 Å². The Labute approximate surface area is 79.3 Å². The lowest BCUT2D eigenvalue weighted by Crippen LogP contribution is -2.20. The van der Waals surface area contributed by atoms with E-state index in [1.165, 1.54) is 18.0 Å². The van der Waals surface area contributed by atoms with E-state index in [1.54, 1.807) is 0 Å². The van der Waals surface area contributed by atoms with Crippen LogP contribution in [0, 0.1) is 0 Å². The van der Waals surface area contributed by atoms with Gasteiger partial charge in [0.15, 0.2) is 0 Å². The van der Waals surface area contributed by atoms with Gasteiger partial charge in [-0.2, -0.15) is 0 Å². The number of ether oxygens (including phenoxy) is 1. The maximum Gasteiger partial charge on any atom is 0.376 e. The van der Waals surface area contributed by atoms with Crippen molar-refractivity contribution in [2.24, 2.45) is 0 Å². The molecule has 76 valence electrons. The predicted molar refractivity (Wildman–Crippen MR) is 43.4 cm³/mol. The molecule has 0 fully saturated rings. The van der Waals surface area contributed by atoms with Crippen LogP contribution in [0.1, 0.15) is 10.6 Å². The van der Waals surface area contributed by atoms with Gasteiger partial charge >= 0.3 is 5.97 Å². The molecule has 1 unspecified atom stereocenters. The number of carbonyl (C=O) groups is 2. The number of methoxy groups -OCH3 is 1. The molecule has 7 nitrogen and oxygen atoms in total. The summed E-state index contributed by atoms with van der Waals surface area (Å²) in [7, 11) is 1.21. The molecule has 0 radical (unpaired) electrons. The van der Waals surface area contributed by atoms with Gasteiger partial charge in [-0.25, -0.2) is 4.79 Å². The third-order valence-corrected chi connectivity index (χ3v) is 1.52. The van der Waals surface area contributed by atoms with E-state index in [9.17, 15) is 9.59 Å². The Bertz CT molecular complexity index is 335. The fourth-order valence-electron chi connectivity index (χ4n) is 0.883. The highest BCUT2D eigenvalue weighted by Crippen LogP contribution is 1.98. The highest BCUT2D eigenvalue weighted by atomic mass is 16.5. The summed E-state index contributed by atoms with van der Waals surface area (Å²) in [5.41, 5.74) is 0. The van der Waals surface area contributed by atoms with Crippen molar-refractivity contribution in [2.45, 2.75) is 12.6 Å². The number of esters is 1. The summed E-state index contributed by atoms with van der Waals surface area (Å²) in [6.45, 7) is -0.0685. The SMILES string of the molecule is COC(=O)c1nncn1CC(O)C=O. The Balaban J connectivity index is 2.82. The molecule has 0 aromatic carbocycles. The van der Waals surface area contributed by atoms with Crippen LogP contribution in [-0.4, -0.2) is 45.3 Å². The Morgan fingerprint density at radius 2 is 2.57 bits per heavy atom. The first kappa shape index (κ1) is 10.3. The Morgan fingerprint density at radius 1 is 1.86 bits per heavy atom. The van der Waals surface area contributed by atoms with E-state index in [1.807, 2.05) is 0 Å². The van der Waals surface area contributed by atoms with E-state index in [0.717, 1.165) is 0 Å². The minimum atomic E-state index is -1.19. The van der Waals surface area contributed by atoms with Crippen molar-refractivity contribution in [2.75, 3.05) is 7.11 Å². The second-order valence-electron chi connectivity index (χ2n) is 2.50. The lowest BCUT2D eigenvalue weighted by molar-refractivity contribution is -0.115. The summed E-state index contributed by atoms with van der Waals surface area (Å²) in [6, 6.07) is 0. The van der Waals surface area contributed by atoms with Gasteiger partial charge in [-0.15, -0.1) is 10.2 Å². The summed E-state index contributed by atoms with van der Waals surface area (Å²) in [6.07, 6.45) is 0.412. The van der Waals surface area contributed by atoms with Crippen molar-refractivity contribution < 1.29 is 19.4 Å². The fourth-order valence-corrected chi connectivity index (χ4v) is 0.883. The van der Waals surface area contributed by atoms with E-state index in [4.69, 9.17) is 5.11 Å². The minimum Gasteiger partial charge on any atom is -0.463 e. The molecule has 1 atom stereocenters. The van der Waals surface area contributed by atoms with Crippen LogP contribution in [0.5, 0.6) is 0 Å². The van der Waals surface area contributed by atoms with Crippen molar-refractivity contribution in [1.29, 1.82) is 0 Å². The summed E-state index contributed by atoms with van der Waals surface area (Å²) in [5, 5.41) is 16.0. The number of nitrogens with zero attached hydrogens (tertiary/aromatic N) is 3. The molecule has 0 spiro atoms. The number of hydrogen-bond donors (Lipinski definition) is 1. The van der Waals surface area contributed by atoms with Crippen LogP contribution >= 0.6 is 0 Å². The fraction of sp³-hybridized carbons (Fsp3) is 0.429.